The summed E-state index contributed by atoms with van der Waals surface area (Å²) >= 11 is 0. The van der Waals surface area contributed by atoms with Gasteiger partial charge < -0.3 is 18.8 Å². The lowest BCUT2D eigenvalue weighted by Gasteiger charge is -2.13. The maximum absolute atomic E-state index is 13.0. The van der Waals surface area contributed by atoms with Crippen molar-refractivity contribution in [3.8, 4) is 11.4 Å². The number of aromatic nitrogens is 1. The molecule has 0 saturated carbocycles. The number of hydrogen-bond donors (Lipinski definition) is 0. The van der Waals surface area contributed by atoms with Gasteiger partial charge in [0.15, 0.2) is 6.61 Å². The molecule has 0 atom stereocenters. The highest BCUT2D eigenvalue weighted by molar-refractivity contribution is 6.17. The first-order chi connectivity index (χ1) is 15.6. The molecule has 0 aliphatic heterocycles. The van der Waals surface area contributed by atoms with Gasteiger partial charge in [-0.2, -0.15) is 0 Å². The summed E-state index contributed by atoms with van der Waals surface area (Å²) in [7, 11) is 0. The third-order valence-corrected chi connectivity index (χ3v) is 5.31. The van der Waals surface area contributed by atoms with Crippen molar-refractivity contribution in [1.29, 1.82) is 0 Å². The third-order valence-electron chi connectivity index (χ3n) is 5.31. The molecule has 0 fully saturated rings. The standard InChI is InChI=1S/C26H25NO5/c1-4-30-23(28)16-32-22-15-21-24(26(29)31-5-2)17(3)27(18-11-7-6-8-12-18)25(21)20-14-10-9-13-19(20)22/h6-15H,4-5,16H2,1-3H3. The SMILES string of the molecule is CCOC(=O)COc1cc2c(C(=O)OCC)c(C)n(-c3ccccc3)c2c2ccccc12. The summed E-state index contributed by atoms with van der Waals surface area (Å²) in [5, 5.41) is 2.46. The Labute approximate surface area is 186 Å². The topological polar surface area (TPSA) is 66.8 Å². The van der Waals surface area contributed by atoms with Crippen molar-refractivity contribution in [2.75, 3.05) is 19.8 Å². The minimum atomic E-state index is -0.444. The Morgan fingerprint density at radius 2 is 1.50 bits per heavy atom. The van der Waals surface area contributed by atoms with Crippen molar-refractivity contribution in [3.63, 3.8) is 0 Å². The first-order valence-electron chi connectivity index (χ1n) is 10.6. The van der Waals surface area contributed by atoms with Crippen LogP contribution in [0.1, 0.15) is 29.9 Å². The van der Waals surface area contributed by atoms with Gasteiger partial charge in [0.05, 0.1) is 24.3 Å². The van der Waals surface area contributed by atoms with Crippen LogP contribution in [0.5, 0.6) is 5.75 Å². The Balaban J connectivity index is 2.02. The van der Waals surface area contributed by atoms with Crippen LogP contribution in [0.15, 0.2) is 60.7 Å². The molecule has 0 radical (unpaired) electrons. The normalized spacial score (nSPS) is 11.0. The van der Waals surface area contributed by atoms with Crippen molar-refractivity contribution in [2.45, 2.75) is 20.8 Å². The number of nitrogens with zero attached hydrogens (tertiary/aromatic N) is 1. The molecule has 0 amide bonds. The second-order valence-corrected chi connectivity index (χ2v) is 7.26. The van der Waals surface area contributed by atoms with E-state index in [0.717, 1.165) is 27.7 Å². The Hall–Kier alpha value is -3.80. The van der Waals surface area contributed by atoms with Gasteiger partial charge in [0.25, 0.3) is 0 Å². The Morgan fingerprint density at radius 3 is 2.19 bits per heavy atom. The number of ether oxygens (including phenoxy) is 3. The van der Waals surface area contributed by atoms with Crippen LogP contribution in [0.2, 0.25) is 0 Å². The fourth-order valence-corrected chi connectivity index (χ4v) is 4.05. The number of para-hydroxylation sites is 1. The summed E-state index contributed by atoms with van der Waals surface area (Å²) in [6, 6.07) is 19.5. The molecule has 6 nitrogen and oxygen atoms in total. The van der Waals surface area contributed by atoms with Gasteiger partial charge in [0, 0.05) is 27.5 Å². The lowest BCUT2D eigenvalue weighted by atomic mass is 10.0. The van der Waals surface area contributed by atoms with Gasteiger partial charge in [-0.25, -0.2) is 9.59 Å². The minimum Gasteiger partial charge on any atom is -0.481 e. The van der Waals surface area contributed by atoms with Crippen molar-refractivity contribution in [2.24, 2.45) is 0 Å². The van der Waals surface area contributed by atoms with E-state index in [1.54, 1.807) is 13.8 Å². The van der Waals surface area contributed by atoms with E-state index in [-0.39, 0.29) is 19.8 Å². The summed E-state index contributed by atoms with van der Waals surface area (Å²) in [6.45, 7) is 5.79. The van der Waals surface area contributed by atoms with Crippen molar-refractivity contribution in [1.82, 2.24) is 4.57 Å². The highest BCUT2D eigenvalue weighted by Crippen LogP contribution is 2.39. The summed E-state index contributed by atoms with van der Waals surface area (Å²) in [4.78, 5) is 24.9. The number of hydrogen-bond acceptors (Lipinski definition) is 5. The molecule has 1 heterocycles. The molecule has 0 unspecified atom stereocenters. The van der Waals surface area contributed by atoms with Crippen molar-refractivity contribution < 1.29 is 23.8 Å². The zero-order valence-electron chi connectivity index (χ0n) is 18.4. The predicted molar refractivity (Wildman–Crippen MR) is 124 cm³/mol. The van der Waals surface area contributed by atoms with Gasteiger partial charge >= 0.3 is 11.9 Å². The molecule has 6 heteroatoms. The van der Waals surface area contributed by atoms with Crippen LogP contribution < -0.4 is 4.74 Å². The molecule has 3 aromatic carbocycles. The highest BCUT2D eigenvalue weighted by Gasteiger charge is 2.25. The van der Waals surface area contributed by atoms with Crippen LogP contribution >= 0.6 is 0 Å². The van der Waals surface area contributed by atoms with Crippen LogP contribution in [0.4, 0.5) is 0 Å². The molecular weight excluding hydrogens is 406 g/mol. The lowest BCUT2D eigenvalue weighted by Crippen LogP contribution is -2.14. The van der Waals surface area contributed by atoms with E-state index in [1.807, 2.05) is 67.6 Å². The summed E-state index contributed by atoms with van der Waals surface area (Å²) in [5.74, 6) is -0.325. The van der Waals surface area contributed by atoms with Gasteiger partial charge in [-0.1, -0.05) is 42.5 Å². The monoisotopic (exact) mass is 431 g/mol. The molecule has 0 bridgehead atoms. The van der Waals surface area contributed by atoms with E-state index >= 15 is 0 Å². The van der Waals surface area contributed by atoms with Gasteiger partial charge in [-0.15, -0.1) is 0 Å². The number of esters is 2. The van der Waals surface area contributed by atoms with Crippen LogP contribution in [-0.2, 0) is 14.3 Å². The van der Waals surface area contributed by atoms with Gasteiger partial charge in [0.1, 0.15) is 5.75 Å². The minimum absolute atomic E-state index is 0.212. The fraction of sp³-hybridized carbons (Fsp3) is 0.231. The zero-order valence-corrected chi connectivity index (χ0v) is 18.4. The highest BCUT2D eigenvalue weighted by atomic mass is 16.6. The number of fused-ring (bicyclic) bond motifs is 3. The van der Waals surface area contributed by atoms with E-state index < -0.39 is 11.9 Å². The van der Waals surface area contributed by atoms with Crippen LogP contribution in [0.3, 0.4) is 0 Å². The molecule has 4 rings (SSSR count). The number of carbonyl (C=O) groups is 2. The smallest absolute Gasteiger partial charge is 0.344 e. The van der Waals surface area contributed by atoms with E-state index in [2.05, 4.69) is 4.57 Å². The molecule has 0 N–H and O–H groups in total. The second kappa shape index (κ2) is 9.14. The summed E-state index contributed by atoms with van der Waals surface area (Å²) < 4.78 is 18.3. The summed E-state index contributed by atoms with van der Waals surface area (Å²) in [6.07, 6.45) is 0. The molecule has 0 aliphatic rings. The van der Waals surface area contributed by atoms with E-state index in [4.69, 9.17) is 14.2 Å². The van der Waals surface area contributed by atoms with E-state index in [1.165, 1.54) is 0 Å². The average Bonchev–Trinajstić information content (AvgIpc) is 3.10. The van der Waals surface area contributed by atoms with Crippen molar-refractivity contribution >= 4 is 33.6 Å². The van der Waals surface area contributed by atoms with E-state index in [9.17, 15) is 9.59 Å². The first kappa shape index (κ1) is 21.4. The van der Waals surface area contributed by atoms with Gasteiger partial charge in [-0.05, 0) is 39.0 Å². The molecule has 32 heavy (non-hydrogen) atoms. The van der Waals surface area contributed by atoms with Crippen LogP contribution in [0, 0.1) is 6.92 Å². The second-order valence-electron chi connectivity index (χ2n) is 7.26. The largest absolute Gasteiger partial charge is 0.481 e. The zero-order chi connectivity index (χ0) is 22.7. The molecule has 1 aromatic heterocycles. The summed E-state index contributed by atoms with van der Waals surface area (Å²) in [5.41, 5.74) is 3.08. The van der Waals surface area contributed by atoms with Crippen LogP contribution in [-0.4, -0.2) is 36.3 Å². The third kappa shape index (κ3) is 3.80. The molecule has 0 aliphatic carbocycles. The first-order valence-corrected chi connectivity index (χ1v) is 10.6. The predicted octanol–water partition coefficient (Wildman–Crippen LogP) is 5.21. The molecule has 164 valence electrons. The maximum Gasteiger partial charge on any atom is 0.344 e. The van der Waals surface area contributed by atoms with E-state index in [0.29, 0.717) is 16.7 Å². The number of carbonyl (C=O) groups excluding carboxylic acids is 2. The molecular formula is C26H25NO5. The Kier molecular flexibility index (Phi) is 6.12. The fourth-order valence-electron chi connectivity index (χ4n) is 4.05. The van der Waals surface area contributed by atoms with Crippen molar-refractivity contribution in [3.05, 3.63) is 71.9 Å². The molecule has 4 aromatic rings. The average molecular weight is 431 g/mol. The quantitative estimate of drug-likeness (QED) is 0.376. The maximum atomic E-state index is 13.0. The molecule has 0 saturated heterocycles. The van der Waals surface area contributed by atoms with Crippen LogP contribution in [0.25, 0.3) is 27.4 Å². The van der Waals surface area contributed by atoms with Gasteiger partial charge in [-0.3, -0.25) is 0 Å². The van der Waals surface area contributed by atoms with Gasteiger partial charge in [0.2, 0.25) is 0 Å². The number of benzene rings is 3. The molecule has 0 spiro atoms. The lowest BCUT2D eigenvalue weighted by molar-refractivity contribution is -0.145. The number of rotatable bonds is 7. The Morgan fingerprint density at radius 1 is 0.844 bits per heavy atom. The Bertz CT molecular complexity index is 1290.